The van der Waals surface area contributed by atoms with E-state index in [1.165, 1.54) is 12.4 Å². The predicted molar refractivity (Wildman–Crippen MR) is 536 cm³/mol. The third kappa shape index (κ3) is 40.8. The number of rotatable bonds is 37. The van der Waals surface area contributed by atoms with E-state index in [-0.39, 0.29) is 48.4 Å². The predicted octanol–water partition coefficient (Wildman–Crippen LogP) is 19.2. The summed E-state index contributed by atoms with van der Waals surface area (Å²) in [5.74, 6) is 5.67. The second-order valence-corrected chi connectivity index (χ2v) is 35.0. The minimum Gasteiger partial charge on any atom is -0.497 e. The first kappa shape index (κ1) is 117. The number of unbranched alkanes of at least 4 members (excludes halogenated alkanes) is 4. The Morgan fingerprint density at radius 1 is 0.426 bits per heavy atom. The molecule has 0 fully saturated rings. The van der Waals surface area contributed by atoms with E-state index in [9.17, 15) is 15.3 Å². The van der Waals surface area contributed by atoms with Gasteiger partial charge in [-0.2, -0.15) is 15.0 Å². The molecule has 720 valence electrons. The van der Waals surface area contributed by atoms with E-state index >= 15 is 0 Å². The maximum atomic E-state index is 10.0. The summed E-state index contributed by atoms with van der Waals surface area (Å²) in [5, 5.41) is 63.6. The van der Waals surface area contributed by atoms with Crippen LogP contribution < -0.4 is 62.7 Å². The summed E-state index contributed by atoms with van der Waals surface area (Å²) >= 11 is 35.2. The maximum Gasteiger partial charge on any atom is 0.225 e. The number of anilines is 6. The number of halogens is 6. The zero-order valence-corrected chi connectivity index (χ0v) is 84.7. The largest absolute Gasteiger partial charge is 0.497 e. The standard InChI is InChI=1S/C23H30ClN5O3.C15H22ClN5O.C14H20ClN5O.C9H13NO2.2C8H19N.C7H2Cl3N3.C7H17NO.CH4O/c1-5-6-9-23(2,14-30)29-21-20-18(10-16(24)13-25-20)27-22(28-21)26-12-15-7-8-17(31-3)11-19(15)32-4;1-4-5-6-15(2,9-22)21-13-12-11(7-10(16)8-18-12)19-14(17-3)20-13;1-3-4-5-14(2,8-21)20-12-11-10(18-13(16)19-12)6-9(15)7-17-11;1-11-8-4-3-7(6-10)9(5-8)12-2;2*1-6-9(7(2)3)8(4)5;8-3-1-4-5(11-2-3)6(9)13-7(10)12-4;1-3-4-5-7(2,8)6-9;1-2/h7-8,10-11,13,30H,5-6,9,12,14H2,1-4H3,(H2,26,27,28,29);7-8,22H,4-6,9H2,1-3H3,(H2,17,19,20,21);6-7,21H,3-5,8H2,1-2H3,(H3,16,18,19,20);3-5H,6,10H2,1-2H3;2*7-8H,6H2,1-5H3;1-2H;9H,3-6,8H2,1-2H3;2H,1H3/t23-;15-;14-;;;;;7-;/m111....1./s1. The molecule has 129 heavy (non-hydrogen) atoms. The molecule has 8 heterocycles. The molecule has 10 aromatic rings. The topological polar surface area (TPSA) is 437 Å². The van der Waals surface area contributed by atoms with E-state index < -0.39 is 16.6 Å². The number of nitrogen functional groups attached to an aromatic ring is 1. The van der Waals surface area contributed by atoms with Gasteiger partial charge >= 0.3 is 0 Å². The molecule has 0 unspecified atom stereocenters. The second kappa shape index (κ2) is 60.8. The summed E-state index contributed by atoms with van der Waals surface area (Å²) in [6, 6.07) is 20.8. The van der Waals surface area contributed by atoms with Gasteiger partial charge in [-0.15, -0.1) is 0 Å². The third-order valence-electron chi connectivity index (χ3n) is 20.2. The lowest BCUT2D eigenvalue weighted by Crippen LogP contribution is -2.39. The normalized spacial score (nSPS) is 12.8. The van der Waals surface area contributed by atoms with Gasteiger partial charge in [0.05, 0.1) is 114 Å². The van der Waals surface area contributed by atoms with Crippen molar-refractivity contribution in [3.8, 4) is 23.0 Å². The molecule has 2 aromatic carbocycles. The summed E-state index contributed by atoms with van der Waals surface area (Å²) in [7, 11) is 9.23. The number of methoxy groups -OCH3 is 4. The first-order chi connectivity index (χ1) is 61.2. The van der Waals surface area contributed by atoms with Crippen molar-refractivity contribution < 1.29 is 44.5 Å². The number of nitrogens with two attached hydrogens (primary N) is 3. The van der Waals surface area contributed by atoms with E-state index in [1.807, 2.05) is 64.1 Å². The van der Waals surface area contributed by atoms with Crippen LogP contribution in [0.1, 0.15) is 213 Å². The smallest absolute Gasteiger partial charge is 0.225 e. The van der Waals surface area contributed by atoms with Gasteiger partial charge in [0, 0.05) is 105 Å². The van der Waals surface area contributed by atoms with Crippen molar-refractivity contribution in [1.82, 2.24) is 69.6 Å². The highest BCUT2D eigenvalue weighted by atomic mass is 35.5. The molecule has 0 aliphatic heterocycles. The van der Waals surface area contributed by atoms with Gasteiger partial charge in [-0.3, -0.25) is 9.80 Å². The molecule has 0 amide bonds. The van der Waals surface area contributed by atoms with Crippen LogP contribution in [-0.4, -0.2) is 224 Å². The number of pyridine rings is 4. The third-order valence-corrected chi connectivity index (χ3v) is 21.5. The highest BCUT2D eigenvalue weighted by molar-refractivity contribution is 6.36. The lowest BCUT2D eigenvalue weighted by atomic mass is 9.96. The summed E-state index contributed by atoms with van der Waals surface area (Å²) in [4.78, 5) is 56.0. The monoisotopic (exact) mass is 1910 g/mol. The van der Waals surface area contributed by atoms with Crippen molar-refractivity contribution in [2.24, 2.45) is 11.5 Å². The minimum atomic E-state index is -0.533. The number of nitrogens with zero attached hydrogens (tertiary/aromatic N) is 14. The van der Waals surface area contributed by atoms with Crippen LogP contribution in [0.15, 0.2) is 85.5 Å². The van der Waals surface area contributed by atoms with Gasteiger partial charge < -0.3 is 88.3 Å². The molecule has 4 atom stereocenters. The molecule has 0 aliphatic carbocycles. The Bertz CT molecular complexity index is 4840. The van der Waals surface area contributed by atoms with Gasteiger partial charge in [0.25, 0.3) is 0 Å². The molecule has 0 bridgehead atoms. The Balaban J connectivity index is 0.000000520. The van der Waals surface area contributed by atoms with Crippen LogP contribution in [0.2, 0.25) is 30.5 Å². The number of nitrogens with one attached hydrogen (secondary N) is 5. The van der Waals surface area contributed by atoms with Gasteiger partial charge in [0.2, 0.25) is 23.1 Å². The van der Waals surface area contributed by atoms with Crippen molar-refractivity contribution >= 4 is 149 Å². The van der Waals surface area contributed by atoms with Gasteiger partial charge in [0.15, 0.2) is 22.6 Å². The molecule has 16 N–H and O–H groups in total. The summed E-state index contributed by atoms with van der Waals surface area (Å²) in [5.41, 5.74) is 21.7. The first-order valence-corrected chi connectivity index (χ1v) is 45.9. The lowest BCUT2D eigenvalue weighted by Gasteiger charge is -2.29. The lowest BCUT2D eigenvalue weighted by molar-refractivity contribution is 0.185. The SMILES string of the molecule is CCCC[C@@](C)(N)CO.CCCC[C@](C)(CO)Nc1nc(N)nc2cc(Cl)cnc12.CCCC[C@](C)(CO)Nc1nc(NC)nc2cc(Cl)cnc12.CCCC[C@](C)(CO)Nc1nc(NCc2ccc(OC)cc2OC)nc2cc(Cl)cnc12.CCN(C(C)C)C(C)C.CCN(C(C)C)C(C)C.CO.COc1ccc(CN)c(OC)c1.Clc1cnc2c(Cl)nc(Cl)nc2c1. The Morgan fingerprint density at radius 2 is 0.767 bits per heavy atom. The minimum absolute atomic E-state index is 0.00795. The second-order valence-electron chi connectivity index (χ2n) is 32.5. The Hall–Kier alpha value is -8.22. The van der Waals surface area contributed by atoms with Crippen LogP contribution in [0.3, 0.4) is 0 Å². The van der Waals surface area contributed by atoms with Crippen molar-refractivity contribution in [1.29, 1.82) is 0 Å². The molecule has 37 heteroatoms. The van der Waals surface area contributed by atoms with Gasteiger partial charge in [0.1, 0.15) is 45.1 Å². The average Bonchev–Trinajstić information content (AvgIpc) is 0.798. The van der Waals surface area contributed by atoms with Crippen molar-refractivity contribution in [3.63, 3.8) is 0 Å². The molecular weight excluding hydrogens is 1770 g/mol. The van der Waals surface area contributed by atoms with E-state index in [0.29, 0.717) is 137 Å². The fraction of sp³-hybridized carbons (Fsp3) is 0.565. The molecule has 31 nitrogen and oxygen atoms in total. The van der Waals surface area contributed by atoms with Crippen LogP contribution in [-0.2, 0) is 13.1 Å². The molecule has 0 saturated carbocycles. The van der Waals surface area contributed by atoms with Crippen molar-refractivity contribution in [3.05, 3.63) is 127 Å². The average molecular weight is 1920 g/mol. The summed E-state index contributed by atoms with van der Waals surface area (Å²) in [6.07, 6.45) is 17.9. The first-order valence-electron chi connectivity index (χ1n) is 43.6. The van der Waals surface area contributed by atoms with Crippen molar-refractivity contribution in [2.75, 3.05) is 114 Å². The number of hydrogen-bond acceptors (Lipinski definition) is 31. The highest BCUT2D eigenvalue weighted by Crippen LogP contribution is 2.33. The molecule has 10 rings (SSSR count). The summed E-state index contributed by atoms with van der Waals surface area (Å²) < 4.78 is 20.9. The van der Waals surface area contributed by atoms with E-state index in [1.54, 1.807) is 72.1 Å². The number of ether oxygens (including phenoxy) is 4. The molecule has 0 radical (unpaired) electrons. The molecule has 0 aliphatic rings. The number of aliphatic hydroxyl groups excluding tert-OH is 5. The summed E-state index contributed by atoms with van der Waals surface area (Å²) in [6.45, 7) is 41.9. The van der Waals surface area contributed by atoms with E-state index in [2.05, 4.69) is 193 Å². The molecule has 8 aromatic heterocycles. The van der Waals surface area contributed by atoms with E-state index in [4.69, 9.17) is 116 Å². The number of benzene rings is 2. The quantitative estimate of drug-likeness (QED) is 0.0127. The Kier molecular flexibility index (Phi) is 55.0. The van der Waals surface area contributed by atoms with E-state index in [0.717, 1.165) is 126 Å². The van der Waals surface area contributed by atoms with Gasteiger partial charge in [-0.1, -0.05) is 157 Å². The van der Waals surface area contributed by atoms with Crippen LogP contribution in [0.4, 0.5) is 35.3 Å². The van der Waals surface area contributed by atoms with Gasteiger partial charge in [-0.25, -0.2) is 44.9 Å². The van der Waals surface area contributed by atoms with Gasteiger partial charge in [-0.05, 0) is 176 Å². The Morgan fingerprint density at radius 3 is 1.10 bits per heavy atom. The number of aliphatic hydroxyl groups is 5. The van der Waals surface area contributed by atoms with Crippen LogP contribution in [0, 0.1) is 0 Å². The Labute approximate surface area is 795 Å². The number of aromatic nitrogens is 12. The van der Waals surface area contributed by atoms with Crippen LogP contribution in [0.25, 0.3) is 44.1 Å². The van der Waals surface area contributed by atoms with Crippen molar-refractivity contribution in [2.45, 2.75) is 261 Å². The fourth-order valence-corrected chi connectivity index (χ4v) is 14.0. The highest BCUT2D eigenvalue weighted by Gasteiger charge is 2.29. The zero-order valence-electron chi connectivity index (χ0n) is 80.2. The molecule has 0 spiro atoms. The maximum absolute atomic E-state index is 10.0. The molecular formula is C92H146Cl6N22O9. The van der Waals surface area contributed by atoms with Crippen LogP contribution >= 0.6 is 69.6 Å². The number of fused-ring (bicyclic) bond motifs is 4. The number of hydrogen-bond donors (Lipinski definition) is 13. The zero-order chi connectivity index (χ0) is 97.4. The fourth-order valence-electron chi connectivity index (χ4n) is 13.0. The molecule has 0 saturated heterocycles. The van der Waals surface area contributed by atoms with Crippen LogP contribution in [0.5, 0.6) is 23.0 Å².